The van der Waals surface area contributed by atoms with Crippen LogP contribution in [0, 0.1) is 0 Å². The monoisotopic (exact) mass is 426 g/mol. The molecule has 0 rings (SSSR count). The summed E-state index contributed by atoms with van der Waals surface area (Å²) in [5, 5.41) is 0.417. The molecule has 0 spiro atoms. The van der Waals surface area contributed by atoms with Gasteiger partial charge in [-0.05, 0) is 5.16 Å². The molecule has 0 bridgehead atoms. The molecule has 0 saturated carbocycles. The van der Waals surface area contributed by atoms with E-state index in [4.69, 9.17) is 0 Å². The Morgan fingerprint density at radius 2 is 0.615 bits per heavy atom. The van der Waals surface area contributed by atoms with Crippen LogP contribution in [-0.2, 0) is 0 Å². The van der Waals surface area contributed by atoms with Gasteiger partial charge in [0.25, 0.3) is 0 Å². The molecule has 0 fully saturated rings. The van der Waals surface area contributed by atoms with Crippen molar-refractivity contribution in [1.82, 2.24) is 0 Å². The molecule has 1 unspecified atom stereocenters. The molecular formula is C10H35PSn2. The molecule has 1 atom stereocenters. The molecule has 0 aliphatic rings. The van der Waals surface area contributed by atoms with Crippen molar-refractivity contribution in [3.8, 4) is 0 Å². The van der Waals surface area contributed by atoms with Gasteiger partial charge >= 0.3 is 0 Å². The predicted molar refractivity (Wildman–Crippen MR) is 81.4 cm³/mol. The Labute approximate surface area is 127 Å². The first kappa shape index (κ1) is 81.4. The van der Waals surface area contributed by atoms with Gasteiger partial charge in [0.15, 0.2) is 0 Å². The third kappa shape index (κ3) is 494. The van der Waals surface area contributed by atoms with Gasteiger partial charge < -0.3 is 0 Å². The molecule has 0 aliphatic heterocycles. The predicted octanol–water partition coefficient (Wildman–Crippen LogP) is 4.72. The van der Waals surface area contributed by atoms with E-state index in [1.807, 2.05) is 0 Å². The van der Waals surface area contributed by atoms with Crippen molar-refractivity contribution in [2.24, 2.45) is 0 Å². The van der Waals surface area contributed by atoms with Gasteiger partial charge in [0, 0.05) is 47.8 Å². The first-order valence-corrected chi connectivity index (χ1v) is 2.37. The van der Waals surface area contributed by atoms with Gasteiger partial charge in [0.1, 0.15) is 0 Å². The van der Waals surface area contributed by atoms with E-state index >= 15 is 0 Å². The Hall–Kier alpha value is 2.03. The molecular weight excluding hydrogens is 389 g/mol. The second-order valence-electron chi connectivity index (χ2n) is 2.37. The summed E-state index contributed by atoms with van der Waals surface area (Å²) in [7, 11) is 2.72. The molecule has 0 aromatic carbocycles. The van der Waals surface area contributed by atoms with Gasteiger partial charge in [0.2, 0.25) is 0 Å². The summed E-state index contributed by atoms with van der Waals surface area (Å²) in [6, 6.07) is 0. The summed E-state index contributed by atoms with van der Waals surface area (Å²) >= 11 is 0. The van der Waals surface area contributed by atoms with Crippen LogP contribution in [-0.4, -0.2) is 53.0 Å². The van der Waals surface area contributed by atoms with Gasteiger partial charge in [-0.25, -0.2) is 0 Å². The van der Waals surface area contributed by atoms with Crippen molar-refractivity contribution in [3.63, 3.8) is 0 Å². The number of rotatable bonds is 0. The van der Waals surface area contributed by atoms with Gasteiger partial charge in [-0.1, -0.05) is 65.3 Å². The fourth-order valence-corrected chi connectivity index (χ4v) is 0. The van der Waals surface area contributed by atoms with Crippen molar-refractivity contribution in [3.05, 3.63) is 0 Å². The number of hydrogen-bond donors (Lipinski definition) is 0. The van der Waals surface area contributed by atoms with Crippen molar-refractivity contribution in [2.45, 2.75) is 70.5 Å². The number of hydrogen-bond acceptors (Lipinski definition) is 0. The SMILES string of the molecule is C.C.C.C.C.C.CC(C)(C)P.[Sn].[Sn]. The molecule has 0 N–H and O–H groups in total. The first-order chi connectivity index (χ1) is 2.00. The molecule has 0 heterocycles. The zero-order valence-corrected chi connectivity index (χ0v) is 11.9. The fourth-order valence-electron chi connectivity index (χ4n) is 0. The largest absolute Gasteiger partial charge is 0.132 e. The zero-order valence-electron chi connectivity index (χ0n) is 5.08. The van der Waals surface area contributed by atoms with Crippen LogP contribution in [0.1, 0.15) is 65.3 Å². The average molecular weight is 424 g/mol. The van der Waals surface area contributed by atoms with Crippen molar-refractivity contribution in [1.29, 1.82) is 0 Å². The Morgan fingerprint density at radius 3 is 0.615 bits per heavy atom. The minimum Gasteiger partial charge on any atom is -0.132 e. The molecule has 0 aromatic rings. The van der Waals surface area contributed by atoms with Crippen LogP contribution in [0.15, 0.2) is 0 Å². The molecule has 88 valence electrons. The molecule has 3 heteroatoms. The average Bonchev–Trinajstić information content (AvgIpc) is 0.722. The van der Waals surface area contributed by atoms with E-state index in [0.29, 0.717) is 5.16 Å². The summed E-state index contributed by atoms with van der Waals surface area (Å²) in [6.07, 6.45) is 0. The Bertz CT molecular complexity index is 28.4. The van der Waals surface area contributed by atoms with Gasteiger partial charge in [-0.2, -0.15) is 0 Å². The molecule has 13 heavy (non-hydrogen) atoms. The van der Waals surface area contributed by atoms with E-state index in [1.54, 1.807) is 0 Å². The maximum absolute atomic E-state index is 2.72. The van der Waals surface area contributed by atoms with Crippen LogP contribution in [0.5, 0.6) is 0 Å². The van der Waals surface area contributed by atoms with E-state index < -0.39 is 0 Å². The van der Waals surface area contributed by atoms with E-state index in [0.717, 1.165) is 0 Å². The van der Waals surface area contributed by atoms with Crippen LogP contribution in [0.3, 0.4) is 0 Å². The Kier molecular flexibility index (Phi) is 231. The maximum atomic E-state index is 2.72. The van der Waals surface area contributed by atoms with Gasteiger partial charge in [0.05, 0.1) is 0 Å². The smallest absolute Gasteiger partial charge is 0 e. The van der Waals surface area contributed by atoms with E-state index in [9.17, 15) is 0 Å². The molecule has 0 aliphatic carbocycles. The second-order valence-corrected chi connectivity index (χ2v) is 4.10. The van der Waals surface area contributed by atoms with E-state index in [1.165, 1.54) is 0 Å². The molecule has 0 amide bonds. The minimum absolute atomic E-state index is 0. The third-order valence-corrected chi connectivity index (χ3v) is 0. The van der Waals surface area contributed by atoms with Gasteiger partial charge in [-0.3, -0.25) is 0 Å². The Morgan fingerprint density at radius 1 is 0.615 bits per heavy atom. The van der Waals surface area contributed by atoms with Crippen molar-refractivity contribution < 1.29 is 0 Å². The molecule has 0 aromatic heterocycles. The standard InChI is InChI=1S/C4H11P.6CH4.2Sn/c1-4(2,3)5;;;;;;;;/h5H2,1-3H3;6*1H4;;. The van der Waals surface area contributed by atoms with Gasteiger partial charge in [-0.15, -0.1) is 9.24 Å². The molecule has 0 saturated heterocycles. The summed E-state index contributed by atoms with van der Waals surface area (Å²) < 4.78 is 0. The Balaban J connectivity index is -0.00000000286. The van der Waals surface area contributed by atoms with E-state index in [-0.39, 0.29) is 92.4 Å². The van der Waals surface area contributed by atoms with Crippen molar-refractivity contribution in [2.75, 3.05) is 0 Å². The van der Waals surface area contributed by atoms with Crippen LogP contribution < -0.4 is 0 Å². The summed E-state index contributed by atoms with van der Waals surface area (Å²) in [4.78, 5) is 0. The minimum atomic E-state index is 0. The molecule has 0 nitrogen and oxygen atoms in total. The van der Waals surface area contributed by atoms with Crippen LogP contribution in [0.4, 0.5) is 0 Å². The summed E-state index contributed by atoms with van der Waals surface area (Å²) in [5.74, 6) is 0. The van der Waals surface area contributed by atoms with Crippen LogP contribution in [0.25, 0.3) is 0 Å². The normalized spacial score (nSPS) is 4.62. The first-order valence-electron chi connectivity index (χ1n) is 1.79. The quantitative estimate of drug-likeness (QED) is 0.391. The fraction of sp³-hybridized carbons (Fsp3) is 1.00. The molecule has 8 radical (unpaired) electrons. The zero-order chi connectivity index (χ0) is 4.50. The summed E-state index contributed by atoms with van der Waals surface area (Å²) in [6.45, 7) is 6.45. The second kappa shape index (κ2) is 36.9. The maximum Gasteiger partial charge on any atom is 0 e. The van der Waals surface area contributed by atoms with E-state index in [2.05, 4.69) is 30.0 Å². The topological polar surface area (TPSA) is 0 Å². The third-order valence-electron chi connectivity index (χ3n) is 0. The van der Waals surface area contributed by atoms with Crippen LogP contribution in [0.2, 0.25) is 0 Å². The van der Waals surface area contributed by atoms with Crippen LogP contribution >= 0.6 is 9.24 Å². The summed E-state index contributed by atoms with van der Waals surface area (Å²) in [5.41, 5.74) is 0. The van der Waals surface area contributed by atoms with Crippen molar-refractivity contribution >= 4 is 57.1 Å².